The van der Waals surface area contributed by atoms with Crippen molar-refractivity contribution >= 4 is 28.9 Å². The van der Waals surface area contributed by atoms with Crippen molar-refractivity contribution in [3.05, 3.63) is 32.9 Å². The Labute approximate surface area is 125 Å². The molecule has 0 saturated heterocycles. The van der Waals surface area contributed by atoms with Crippen molar-refractivity contribution in [1.82, 2.24) is 0 Å². The number of allylic oxidation sites excluding steroid dienone is 2. The van der Waals surface area contributed by atoms with Gasteiger partial charge in [0.2, 0.25) is 0 Å². The van der Waals surface area contributed by atoms with Gasteiger partial charge < -0.3 is 0 Å². The van der Waals surface area contributed by atoms with E-state index < -0.39 is 0 Å². The van der Waals surface area contributed by atoms with Gasteiger partial charge in [-0.25, -0.2) is 0 Å². The Kier molecular flexibility index (Phi) is 8.15. The second-order valence-corrected chi connectivity index (χ2v) is 7.08. The minimum absolute atomic E-state index is 0.320. The third kappa shape index (κ3) is 6.44. The summed E-state index contributed by atoms with van der Waals surface area (Å²) < 4.78 is 0. The smallest absolute Gasteiger partial charge is 0.172 e. The lowest BCUT2D eigenvalue weighted by Crippen LogP contribution is -1.95. The van der Waals surface area contributed by atoms with Crippen molar-refractivity contribution in [3.63, 3.8) is 0 Å². The van der Waals surface area contributed by atoms with Crippen LogP contribution in [0.5, 0.6) is 0 Å². The number of carbonyl (C=O) groups excluding carboxylic acids is 1. The Balaban J connectivity index is 2.38. The van der Waals surface area contributed by atoms with Crippen LogP contribution >= 0.6 is 23.1 Å². The second-order valence-electron chi connectivity index (χ2n) is 4.69. The molecule has 1 nitrogen and oxygen atoms in total. The maximum absolute atomic E-state index is 12.0. The van der Waals surface area contributed by atoms with Crippen molar-refractivity contribution in [2.75, 3.05) is 0 Å². The molecule has 1 rings (SSSR count). The Morgan fingerprint density at radius 1 is 1.32 bits per heavy atom. The zero-order valence-corrected chi connectivity index (χ0v) is 13.8. The molecule has 0 aromatic carbocycles. The van der Waals surface area contributed by atoms with E-state index in [1.807, 2.05) is 17.8 Å². The monoisotopic (exact) mass is 296 g/mol. The topological polar surface area (TPSA) is 17.1 Å². The number of hydrogen-bond donors (Lipinski definition) is 0. The lowest BCUT2D eigenvalue weighted by molar-refractivity contribution is 0.0983. The summed E-state index contributed by atoms with van der Waals surface area (Å²) in [5, 5.41) is 0. The molecule has 19 heavy (non-hydrogen) atoms. The number of thiophene rings is 1. The van der Waals surface area contributed by atoms with E-state index in [4.69, 9.17) is 0 Å². The fourth-order valence-corrected chi connectivity index (χ4v) is 3.53. The van der Waals surface area contributed by atoms with Crippen LogP contribution in [-0.4, -0.2) is 5.78 Å². The van der Waals surface area contributed by atoms with Crippen molar-refractivity contribution in [2.45, 2.75) is 58.6 Å². The number of rotatable bonds is 9. The Bertz CT molecular complexity index is 418. The van der Waals surface area contributed by atoms with Crippen molar-refractivity contribution in [2.24, 2.45) is 0 Å². The van der Waals surface area contributed by atoms with Gasteiger partial charge in [0.1, 0.15) is 0 Å². The lowest BCUT2D eigenvalue weighted by atomic mass is 10.1. The van der Waals surface area contributed by atoms with Crippen LogP contribution in [0.1, 0.15) is 67.4 Å². The maximum Gasteiger partial charge on any atom is 0.172 e. The van der Waals surface area contributed by atoms with Crippen LogP contribution in [0.3, 0.4) is 0 Å². The molecular weight excluding hydrogens is 272 g/mol. The van der Waals surface area contributed by atoms with Crippen molar-refractivity contribution in [3.8, 4) is 0 Å². The quantitative estimate of drug-likeness (QED) is 0.407. The molecule has 0 unspecified atom stereocenters. The molecule has 1 aromatic rings. The fourth-order valence-electron chi connectivity index (χ4n) is 1.71. The summed E-state index contributed by atoms with van der Waals surface area (Å²) >= 11 is 3.50. The van der Waals surface area contributed by atoms with E-state index >= 15 is 0 Å². The minimum Gasteiger partial charge on any atom is -0.293 e. The number of hydrogen-bond acceptors (Lipinski definition) is 3. The Hall–Kier alpha value is -0.540. The van der Waals surface area contributed by atoms with Gasteiger partial charge in [-0.1, -0.05) is 32.3 Å². The molecular formula is C16H24OS2. The lowest BCUT2D eigenvalue weighted by Gasteiger charge is -1.99. The summed E-state index contributed by atoms with van der Waals surface area (Å²) in [4.78, 5) is 15.6. The minimum atomic E-state index is 0.320. The molecule has 0 atom stereocenters. The number of carbonyl (C=O) groups is 1. The van der Waals surface area contributed by atoms with Crippen LogP contribution in [0, 0.1) is 0 Å². The van der Waals surface area contributed by atoms with E-state index in [2.05, 4.69) is 32.9 Å². The van der Waals surface area contributed by atoms with E-state index in [0.29, 0.717) is 12.2 Å². The van der Waals surface area contributed by atoms with Gasteiger partial charge in [0.25, 0.3) is 0 Å². The summed E-state index contributed by atoms with van der Waals surface area (Å²) in [6, 6.07) is 4.09. The predicted octanol–water partition coefficient (Wildman–Crippen LogP) is 6.06. The highest BCUT2D eigenvalue weighted by molar-refractivity contribution is 8.02. The maximum atomic E-state index is 12.0. The molecule has 0 amide bonds. The zero-order valence-electron chi connectivity index (χ0n) is 12.2. The predicted molar refractivity (Wildman–Crippen MR) is 88.1 cm³/mol. The summed E-state index contributed by atoms with van der Waals surface area (Å²) in [6.45, 7) is 6.37. The first-order valence-electron chi connectivity index (χ1n) is 7.05. The van der Waals surface area contributed by atoms with Crippen LogP contribution in [0.4, 0.5) is 0 Å². The first-order valence-corrected chi connectivity index (χ1v) is 8.85. The normalized spacial score (nSPS) is 11.8. The molecule has 1 aromatic heterocycles. The molecule has 0 spiro atoms. The number of Topliss-reactive ketones (excluding diaryl/α,β-unsaturated/α-hetero) is 1. The van der Waals surface area contributed by atoms with Crippen molar-refractivity contribution < 1.29 is 4.79 Å². The van der Waals surface area contributed by atoms with E-state index in [0.717, 1.165) is 17.1 Å². The second kappa shape index (κ2) is 9.38. The number of unbranched alkanes of at least 4 members (excludes halogenated alkanes) is 3. The van der Waals surface area contributed by atoms with Crippen molar-refractivity contribution in [1.29, 1.82) is 0 Å². The van der Waals surface area contributed by atoms with Gasteiger partial charge in [0.05, 0.1) is 4.88 Å². The molecule has 0 N–H and O–H groups in total. The van der Waals surface area contributed by atoms with E-state index in [1.165, 1.54) is 29.0 Å². The number of ketones is 1. The van der Waals surface area contributed by atoms with Crippen LogP contribution in [0.2, 0.25) is 0 Å². The highest BCUT2D eigenvalue weighted by Gasteiger charge is 2.09. The van der Waals surface area contributed by atoms with Crippen LogP contribution < -0.4 is 0 Å². The molecule has 106 valence electrons. The Morgan fingerprint density at radius 2 is 2.11 bits per heavy atom. The average molecular weight is 297 g/mol. The number of thioether (sulfide) groups is 1. The highest BCUT2D eigenvalue weighted by Crippen LogP contribution is 2.26. The summed E-state index contributed by atoms with van der Waals surface area (Å²) in [5.74, 6) is 1.30. The molecule has 0 saturated carbocycles. The first-order chi connectivity index (χ1) is 9.17. The zero-order chi connectivity index (χ0) is 14.1. The molecule has 0 aliphatic carbocycles. The largest absolute Gasteiger partial charge is 0.293 e. The molecule has 0 fully saturated rings. The SMILES string of the molecule is C/C=C(/C)SCc1ccc(C(=O)CCCCCC)s1. The van der Waals surface area contributed by atoms with Gasteiger partial charge in [0.15, 0.2) is 5.78 Å². The molecule has 0 bridgehead atoms. The van der Waals surface area contributed by atoms with Crippen LogP contribution in [-0.2, 0) is 5.75 Å². The molecule has 0 aliphatic rings. The van der Waals surface area contributed by atoms with Gasteiger partial charge in [-0.2, -0.15) is 0 Å². The Morgan fingerprint density at radius 3 is 2.79 bits per heavy atom. The molecule has 0 radical (unpaired) electrons. The third-order valence-corrected chi connectivity index (χ3v) is 5.50. The summed E-state index contributed by atoms with van der Waals surface area (Å²) in [5.41, 5.74) is 0. The average Bonchev–Trinajstić information content (AvgIpc) is 2.89. The highest BCUT2D eigenvalue weighted by atomic mass is 32.2. The summed E-state index contributed by atoms with van der Waals surface area (Å²) in [7, 11) is 0. The van der Waals surface area contributed by atoms with Gasteiger partial charge in [-0.3, -0.25) is 4.79 Å². The molecule has 3 heteroatoms. The van der Waals surface area contributed by atoms with Gasteiger partial charge >= 0.3 is 0 Å². The summed E-state index contributed by atoms with van der Waals surface area (Å²) in [6.07, 6.45) is 7.50. The van der Waals surface area contributed by atoms with E-state index in [1.54, 1.807) is 11.3 Å². The fraction of sp³-hybridized carbons (Fsp3) is 0.562. The van der Waals surface area contributed by atoms with E-state index in [9.17, 15) is 4.79 Å². The van der Waals surface area contributed by atoms with E-state index in [-0.39, 0.29) is 0 Å². The standard InChI is InChI=1S/C16H24OS2/c1-4-6-7-8-9-15(17)16-11-10-14(19-16)12-18-13(3)5-2/h5,10-11H,4,6-9,12H2,1-3H3/b13-5-. The molecule has 0 aliphatic heterocycles. The van der Waals surface area contributed by atoms with Crippen LogP contribution in [0.25, 0.3) is 0 Å². The van der Waals surface area contributed by atoms with Crippen LogP contribution in [0.15, 0.2) is 23.1 Å². The molecule has 1 heterocycles. The van der Waals surface area contributed by atoms with Gasteiger partial charge in [-0.15, -0.1) is 23.1 Å². The van der Waals surface area contributed by atoms with Gasteiger partial charge in [-0.05, 0) is 37.3 Å². The third-order valence-electron chi connectivity index (χ3n) is 3.04. The van der Waals surface area contributed by atoms with Gasteiger partial charge in [0, 0.05) is 17.1 Å². The first kappa shape index (κ1) is 16.5.